The Bertz CT molecular complexity index is 1710. The van der Waals surface area contributed by atoms with E-state index < -0.39 is 5.91 Å². The second kappa shape index (κ2) is 10.9. The Morgan fingerprint density at radius 2 is 1.74 bits per heavy atom. The smallest absolute Gasteiger partial charge is 0.278 e. The van der Waals surface area contributed by atoms with Crippen LogP contribution in [0.5, 0.6) is 11.5 Å². The molecule has 0 radical (unpaired) electrons. The summed E-state index contributed by atoms with van der Waals surface area (Å²) in [6, 6.07) is 10.5. The molecule has 6 rings (SSSR count). The number of nitrogens with zero attached hydrogens (tertiary/aromatic N) is 4. The first-order valence-corrected chi connectivity index (χ1v) is 14.1. The number of hydrogen-bond acceptors (Lipinski definition) is 7. The molecule has 3 N–H and O–H groups in total. The first-order chi connectivity index (χ1) is 20.2. The van der Waals surface area contributed by atoms with Crippen LogP contribution in [-0.2, 0) is 6.61 Å². The second-order valence-corrected chi connectivity index (χ2v) is 11.3. The average molecular weight is 607 g/mol. The molecular weight excluding hydrogens is 579 g/mol. The van der Waals surface area contributed by atoms with Crippen molar-refractivity contribution in [2.24, 2.45) is 5.73 Å². The lowest BCUT2D eigenvalue weighted by Crippen LogP contribution is -2.57. The number of ether oxygens (including phenoxy) is 2. The van der Waals surface area contributed by atoms with E-state index in [2.05, 4.69) is 10.3 Å². The Balaban J connectivity index is 1.59. The maximum Gasteiger partial charge on any atom is 0.278 e. The minimum atomic E-state index is -0.590. The van der Waals surface area contributed by atoms with Crippen LogP contribution in [0.3, 0.4) is 0 Å². The SMILES string of the molecule is COc1cc2c(cc1-c1cncc(C(N)=O)c1)-c1c(c(C(=O)N3[C@H](C)CNC[C@@H]3C)nn1-c1cc(Cl)cc(Cl)c1)OC2. The Kier molecular flexibility index (Phi) is 7.30. The van der Waals surface area contributed by atoms with Crippen molar-refractivity contribution in [1.29, 1.82) is 0 Å². The minimum absolute atomic E-state index is 0.0422. The number of nitrogens with two attached hydrogens (primary N) is 1. The lowest BCUT2D eigenvalue weighted by molar-refractivity contribution is 0.0533. The van der Waals surface area contributed by atoms with Crippen LogP contribution in [0, 0.1) is 0 Å². The Morgan fingerprint density at radius 1 is 1.02 bits per heavy atom. The Hall–Kier alpha value is -4.12. The number of hydrogen-bond donors (Lipinski definition) is 2. The van der Waals surface area contributed by atoms with Gasteiger partial charge in [-0.1, -0.05) is 23.2 Å². The summed E-state index contributed by atoms with van der Waals surface area (Å²) >= 11 is 12.8. The topological polar surface area (TPSA) is 125 Å². The molecular formula is C30H28Cl2N6O4. The minimum Gasteiger partial charge on any atom is -0.496 e. The highest BCUT2D eigenvalue weighted by atomic mass is 35.5. The van der Waals surface area contributed by atoms with Gasteiger partial charge >= 0.3 is 0 Å². The molecule has 42 heavy (non-hydrogen) atoms. The van der Waals surface area contributed by atoms with Crippen LogP contribution in [-0.4, -0.2) is 63.8 Å². The summed E-state index contributed by atoms with van der Waals surface area (Å²) in [5.74, 6) is 0.102. The van der Waals surface area contributed by atoms with Crippen LogP contribution in [0.1, 0.15) is 40.3 Å². The lowest BCUT2D eigenvalue weighted by atomic mass is 9.94. The summed E-state index contributed by atoms with van der Waals surface area (Å²) in [5.41, 5.74) is 10.0. The van der Waals surface area contributed by atoms with Gasteiger partial charge in [-0.05, 0) is 50.2 Å². The van der Waals surface area contributed by atoms with E-state index in [1.807, 2.05) is 30.9 Å². The van der Waals surface area contributed by atoms with Crippen molar-refractivity contribution in [3.63, 3.8) is 0 Å². The molecule has 4 aromatic rings. The van der Waals surface area contributed by atoms with Crippen molar-refractivity contribution in [3.05, 3.63) is 75.7 Å². The van der Waals surface area contributed by atoms with Gasteiger partial charge in [0.2, 0.25) is 5.91 Å². The fourth-order valence-electron chi connectivity index (χ4n) is 5.65. The molecule has 0 spiro atoms. The molecule has 1 saturated heterocycles. The normalized spacial score (nSPS) is 17.7. The molecule has 0 bridgehead atoms. The Morgan fingerprint density at radius 3 is 2.40 bits per heavy atom. The van der Waals surface area contributed by atoms with Crippen LogP contribution in [0.25, 0.3) is 28.1 Å². The number of piperazine rings is 1. The Labute approximate surface area is 252 Å². The molecule has 1 fully saturated rings. The fourth-order valence-corrected chi connectivity index (χ4v) is 6.16. The predicted octanol–water partition coefficient (Wildman–Crippen LogP) is 4.73. The molecule has 0 saturated carbocycles. The summed E-state index contributed by atoms with van der Waals surface area (Å²) in [6.07, 6.45) is 3.05. The highest BCUT2D eigenvalue weighted by molar-refractivity contribution is 6.34. The van der Waals surface area contributed by atoms with Gasteiger partial charge in [-0.25, -0.2) is 4.68 Å². The van der Waals surface area contributed by atoms with Gasteiger partial charge in [0.25, 0.3) is 5.91 Å². The molecule has 2 aliphatic heterocycles. The van der Waals surface area contributed by atoms with E-state index >= 15 is 0 Å². The van der Waals surface area contributed by atoms with Gasteiger partial charge in [0.1, 0.15) is 18.1 Å². The van der Waals surface area contributed by atoms with E-state index in [1.54, 1.807) is 42.3 Å². The highest BCUT2D eigenvalue weighted by Gasteiger charge is 2.37. The lowest BCUT2D eigenvalue weighted by Gasteiger charge is -2.39. The van der Waals surface area contributed by atoms with Gasteiger partial charge in [0.15, 0.2) is 11.4 Å². The monoisotopic (exact) mass is 606 g/mol. The second-order valence-electron chi connectivity index (χ2n) is 10.5. The van der Waals surface area contributed by atoms with Crippen LogP contribution in [0.4, 0.5) is 0 Å². The van der Waals surface area contributed by atoms with Crippen molar-refractivity contribution < 1.29 is 19.1 Å². The standard InChI is InChI=1S/C30H28Cl2N6O4/c1-15-10-34-11-16(2)37(15)30(40)26-28-27(38(36-26)22-7-20(31)6-21(32)8-22)24-9-23(25(41-3)5-19(24)14-42-28)17-4-18(29(33)39)13-35-12-17/h4-9,12-13,15-16,34H,10-11,14H2,1-3H3,(H2,33,39)/t15-,16+. The van der Waals surface area contributed by atoms with E-state index in [0.717, 1.165) is 11.1 Å². The van der Waals surface area contributed by atoms with Gasteiger partial charge in [0, 0.05) is 69.9 Å². The number of amides is 2. The highest BCUT2D eigenvalue weighted by Crippen LogP contribution is 2.46. The molecule has 12 heteroatoms. The predicted molar refractivity (Wildman–Crippen MR) is 160 cm³/mol. The largest absolute Gasteiger partial charge is 0.496 e. The molecule has 2 aromatic heterocycles. The number of benzene rings is 2. The van der Waals surface area contributed by atoms with Gasteiger partial charge in [-0.15, -0.1) is 0 Å². The third kappa shape index (κ3) is 4.85. The third-order valence-corrected chi connectivity index (χ3v) is 8.02. The zero-order valence-corrected chi connectivity index (χ0v) is 24.7. The molecule has 10 nitrogen and oxygen atoms in total. The molecule has 0 unspecified atom stereocenters. The average Bonchev–Trinajstić information content (AvgIpc) is 3.36. The number of aromatic nitrogens is 3. The summed E-state index contributed by atoms with van der Waals surface area (Å²) in [7, 11) is 1.57. The number of nitrogens with one attached hydrogen (secondary N) is 1. The zero-order valence-electron chi connectivity index (χ0n) is 23.1. The van der Waals surface area contributed by atoms with Crippen molar-refractivity contribution in [2.45, 2.75) is 32.5 Å². The van der Waals surface area contributed by atoms with Gasteiger partial charge in [0.05, 0.1) is 18.4 Å². The zero-order chi connectivity index (χ0) is 29.7. The number of primary amides is 1. The molecule has 0 aliphatic carbocycles. The van der Waals surface area contributed by atoms with E-state index in [9.17, 15) is 9.59 Å². The first kappa shape index (κ1) is 28.0. The molecule has 2 aliphatic rings. The molecule has 2 amide bonds. The number of halogens is 2. The van der Waals surface area contributed by atoms with E-state index in [4.69, 9.17) is 43.5 Å². The summed E-state index contributed by atoms with van der Waals surface area (Å²) in [5, 5.41) is 9.02. The van der Waals surface area contributed by atoms with Gasteiger partial charge < -0.3 is 25.4 Å². The molecule has 216 valence electrons. The van der Waals surface area contributed by atoms with Crippen LogP contribution in [0.15, 0.2) is 48.8 Å². The van der Waals surface area contributed by atoms with E-state index in [1.165, 1.54) is 6.20 Å². The number of carbonyl (C=O) groups is 2. The van der Waals surface area contributed by atoms with Crippen molar-refractivity contribution in [1.82, 2.24) is 25.0 Å². The third-order valence-electron chi connectivity index (χ3n) is 7.59. The molecule has 2 atom stereocenters. The number of fused-ring (bicyclic) bond motifs is 3. The maximum absolute atomic E-state index is 14.1. The van der Waals surface area contributed by atoms with Crippen molar-refractivity contribution in [2.75, 3.05) is 20.2 Å². The fraction of sp³-hybridized carbons (Fsp3) is 0.267. The molecule has 2 aromatic carbocycles. The quantitative estimate of drug-likeness (QED) is 0.336. The van der Waals surface area contributed by atoms with Crippen molar-refractivity contribution >= 4 is 35.0 Å². The number of methoxy groups -OCH3 is 1. The van der Waals surface area contributed by atoms with Crippen LogP contribution < -0.4 is 20.5 Å². The summed E-state index contributed by atoms with van der Waals surface area (Å²) in [4.78, 5) is 32.0. The van der Waals surface area contributed by atoms with E-state index in [0.29, 0.717) is 57.1 Å². The summed E-state index contributed by atoms with van der Waals surface area (Å²) < 4.78 is 13.6. The number of rotatable bonds is 5. The summed E-state index contributed by atoms with van der Waals surface area (Å²) in [6.45, 7) is 5.54. The maximum atomic E-state index is 14.1. The van der Waals surface area contributed by atoms with Crippen LogP contribution >= 0.6 is 23.2 Å². The molecule has 4 heterocycles. The number of pyridine rings is 1. The van der Waals surface area contributed by atoms with Gasteiger partial charge in [-0.2, -0.15) is 5.10 Å². The number of carbonyl (C=O) groups excluding carboxylic acids is 2. The van der Waals surface area contributed by atoms with E-state index in [-0.39, 0.29) is 35.9 Å². The first-order valence-electron chi connectivity index (χ1n) is 13.4. The van der Waals surface area contributed by atoms with Gasteiger partial charge in [-0.3, -0.25) is 14.6 Å². The van der Waals surface area contributed by atoms with Crippen LogP contribution in [0.2, 0.25) is 10.0 Å². The van der Waals surface area contributed by atoms with Crippen molar-refractivity contribution in [3.8, 4) is 39.6 Å².